The third-order valence-electron chi connectivity index (χ3n) is 4.93. The van der Waals surface area contributed by atoms with E-state index in [9.17, 15) is 4.79 Å². The van der Waals surface area contributed by atoms with Crippen LogP contribution in [0.2, 0.25) is 0 Å². The summed E-state index contributed by atoms with van der Waals surface area (Å²) in [6.45, 7) is 2.30. The molecule has 3 heteroatoms. The van der Waals surface area contributed by atoms with E-state index < -0.39 is 0 Å². The monoisotopic (exact) mass is 368 g/mol. The molecular weight excluding hydrogens is 352 g/mol. The zero-order chi connectivity index (χ0) is 16.1. The van der Waals surface area contributed by atoms with Gasteiger partial charge in [0.15, 0.2) is 0 Å². The van der Waals surface area contributed by atoms with Crippen LogP contribution in [0.5, 0.6) is 0 Å². The molecular formula is C20H17BrO2. The second-order valence-corrected chi connectivity index (χ2v) is 7.14. The molecule has 0 aromatic heterocycles. The third-order valence-corrected chi connectivity index (χ3v) is 5.75. The lowest BCUT2D eigenvalue weighted by atomic mass is 9.95. The Morgan fingerprint density at radius 3 is 2.57 bits per heavy atom. The highest BCUT2D eigenvalue weighted by Crippen LogP contribution is 2.49. The highest BCUT2D eigenvalue weighted by Gasteiger charge is 2.35. The van der Waals surface area contributed by atoms with Gasteiger partial charge in [0.1, 0.15) is 0 Å². The zero-order valence-electron chi connectivity index (χ0n) is 13.1. The van der Waals surface area contributed by atoms with Gasteiger partial charge in [-0.15, -0.1) is 0 Å². The van der Waals surface area contributed by atoms with Crippen molar-refractivity contribution >= 4 is 43.4 Å². The van der Waals surface area contributed by atoms with Gasteiger partial charge in [-0.1, -0.05) is 43.3 Å². The van der Waals surface area contributed by atoms with E-state index in [1.165, 1.54) is 29.9 Å². The smallest absolute Gasteiger partial charge is 0.339 e. The Labute approximate surface area is 143 Å². The molecule has 2 nitrogen and oxygen atoms in total. The normalized spacial score (nSPS) is 20.0. The number of ether oxygens (including phenoxy) is 1. The van der Waals surface area contributed by atoms with Crippen LogP contribution in [0, 0.1) is 5.92 Å². The van der Waals surface area contributed by atoms with Crippen LogP contribution in [0.15, 0.2) is 46.9 Å². The highest BCUT2D eigenvalue weighted by molar-refractivity contribution is 9.10. The Kier molecular flexibility index (Phi) is 3.42. The number of benzene rings is 3. The molecule has 1 aliphatic carbocycles. The summed E-state index contributed by atoms with van der Waals surface area (Å²) in [6, 6.07) is 14.7. The van der Waals surface area contributed by atoms with Crippen molar-refractivity contribution in [2.45, 2.75) is 19.3 Å². The molecule has 1 fully saturated rings. The summed E-state index contributed by atoms with van der Waals surface area (Å²) >= 11 is 3.63. The predicted molar refractivity (Wildman–Crippen MR) is 97.0 cm³/mol. The van der Waals surface area contributed by atoms with E-state index in [0.29, 0.717) is 11.5 Å². The van der Waals surface area contributed by atoms with E-state index in [1.54, 1.807) is 0 Å². The van der Waals surface area contributed by atoms with Crippen molar-refractivity contribution in [3.8, 4) is 0 Å². The molecule has 23 heavy (non-hydrogen) atoms. The van der Waals surface area contributed by atoms with E-state index in [0.717, 1.165) is 21.2 Å². The van der Waals surface area contributed by atoms with Gasteiger partial charge in [0.05, 0.1) is 12.7 Å². The van der Waals surface area contributed by atoms with E-state index in [-0.39, 0.29) is 5.97 Å². The van der Waals surface area contributed by atoms with Crippen LogP contribution in [0.1, 0.15) is 35.2 Å². The van der Waals surface area contributed by atoms with Gasteiger partial charge in [-0.05, 0) is 62.0 Å². The molecule has 3 aromatic carbocycles. The lowest BCUT2D eigenvalue weighted by Crippen LogP contribution is -2.02. The summed E-state index contributed by atoms with van der Waals surface area (Å²) in [5.41, 5.74) is 1.99. The number of rotatable bonds is 2. The lowest BCUT2D eigenvalue weighted by molar-refractivity contribution is 0.0600. The Morgan fingerprint density at radius 1 is 1.13 bits per heavy atom. The molecule has 1 aliphatic rings. The molecule has 1 saturated carbocycles. The number of carbonyl (C=O) groups is 1. The molecule has 0 N–H and O–H groups in total. The summed E-state index contributed by atoms with van der Waals surface area (Å²) in [6.07, 6.45) is 1.26. The summed E-state index contributed by atoms with van der Waals surface area (Å²) in [5, 5.41) is 4.69. The number of methoxy groups -OCH3 is 1. The van der Waals surface area contributed by atoms with Gasteiger partial charge < -0.3 is 4.74 Å². The molecule has 116 valence electrons. The summed E-state index contributed by atoms with van der Waals surface area (Å²) in [4.78, 5) is 12.0. The summed E-state index contributed by atoms with van der Waals surface area (Å²) in [5.74, 6) is 1.11. The van der Waals surface area contributed by atoms with Gasteiger partial charge in [0.25, 0.3) is 0 Å². The Balaban J connectivity index is 2.05. The first kappa shape index (κ1) is 14.7. The first-order valence-electron chi connectivity index (χ1n) is 7.84. The van der Waals surface area contributed by atoms with Crippen LogP contribution in [-0.2, 0) is 4.74 Å². The second kappa shape index (κ2) is 5.34. The molecule has 2 atom stereocenters. The van der Waals surface area contributed by atoms with Gasteiger partial charge in [0, 0.05) is 9.86 Å². The van der Waals surface area contributed by atoms with Crippen LogP contribution in [0.3, 0.4) is 0 Å². The second-order valence-electron chi connectivity index (χ2n) is 6.34. The van der Waals surface area contributed by atoms with Crippen LogP contribution in [-0.4, -0.2) is 13.1 Å². The van der Waals surface area contributed by atoms with Crippen molar-refractivity contribution in [1.82, 2.24) is 0 Å². The maximum Gasteiger partial charge on any atom is 0.339 e. The van der Waals surface area contributed by atoms with Crippen LogP contribution in [0.4, 0.5) is 0 Å². The van der Waals surface area contributed by atoms with Crippen molar-refractivity contribution in [2.24, 2.45) is 5.92 Å². The molecule has 0 bridgehead atoms. The number of hydrogen-bond acceptors (Lipinski definition) is 2. The van der Waals surface area contributed by atoms with Crippen molar-refractivity contribution in [3.05, 3.63) is 58.1 Å². The fourth-order valence-corrected chi connectivity index (χ4v) is 4.25. The maximum absolute atomic E-state index is 12.0. The lowest BCUT2D eigenvalue weighted by Gasteiger charge is -2.12. The SMILES string of the molecule is COC(=O)c1ccc2ccc3c([C@H]4CC4C)cccc3c2c1Br. The first-order valence-corrected chi connectivity index (χ1v) is 8.63. The molecule has 0 heterocycles. The predicted octanol–water partition coefficient (Wildman–Crippen LogP) is 5.67. The fraction of sp³-hybridized carbons (Fsp3) is 0.250. The third kappa shape index (κ3) is 2.26. The average Bonchev–Trinajstić information content (AvgIpc) is 3.30. The van der Waals surface area contributed by atoms with Crippen molar-refractivity contribution in [3.63, 3.8) is 0 Å². The van der Waals surface area contributed by atoms with Gasteiger partial charge in [-0.25, -0.2) is 4.79 Å². The minimum absolute atomic E-state index is 0.317. The minimum atomic E-state index is -0.317. The molecule has 0 spiro atoms. The van der Waals surface area contributed by atoms with E-state index in [4.69, 9.17) is 4.74 Å². The molecule has 3 aromatic rings. The van der Waals surface area contributed by atoms with E-state index in [2.05, 4.69) is 53.2 Å². The molecule has 0 aliphatic heterocycles. The van der Waals surface area contributed by atoms with E-state index >= 15 is 0 Å². The zero-order valence-corrected chi connectivity index (χ0v) is 14.7. The van der Waals surface area contributed by atoms with Crippen LogP contribution in [0.25, 0.3) is 21.5 Å². The molecule has 0 saturated heterocycles. The largest absolute Gasteiger partial charge is 0.465 e. The molecule has 4 rings (SSSR count). The Morgan fingerprint density at radius 2 is 1.87 bits per heavy atom. The van der Waals surface area contributed by atoms with Crippen LogP contribution < -0.4 is 0 Å². The number of halogens is 1. The van der Waals surface area contributed by atoms with Gasteiger partial charge in [-0.2, -0.15) is 0 Å². The quantitative estimate of drug-likeness (QED) is 0.430. The number of hydrogen-bond donors (Lipinski definition) is 0. The molecule has 1 unspecified atom stereocenters. The summed E-state index contributed by atoms with van der Waals surface area (Å²) in [7, 11) is 1.41. The average molecular weight is 369 g/mol. The Bertz CT molecular complexity index is 945. The fourth-order valence-electron chi connectivity index (χ4n) is 3.51. The van der Waals surface area contributed by atoms with Gasteiger partial charge >= 0.3 is 5.97 Å². The first-order chi connectivity index (χ1) is 11.1. The summed E-state index contributed by atoms with van der Waals surface area (Å²) < 4.78 is 5.71. The maximum atomic E-state index is 12.0. The van der Waals surface area contributed by atoms with E-state index in [1.807, 2.05) is 12.1 Å². The number of carbonyl (C=O) groups excluding carboxylic acids is 1. The van der Waals surface area contributed by atoms with Crippen LogP contribution >= 0.6 is 15.9 Å². The van der Waals surface area contributed by atoms with Gasteiger partial charge in [0.2, 0.25) is 0 Å². The standard InChI is InChI=1S/C20H17BrO2/c1-11-10-17(11)13-4-3-5-15-14(13)8-6-12-7-9-16(20(22)23-2)19(21)18(12)15/h3-9,11,17H,10H2,1-2H3/t11?,17-/m0/s1. The van der Waals surface area contributed by atoms with Crippen molar-refractivity contribution < 1.29 is 9.53 Å². The molecule has 0 amide bonds. The van der Waals surface area contributed by atoms with Crippen molar-refractivity contribution in [1.29, 1.82) is 0 Å². The topological polar surface area (TPSA) is 26.3 Å². The van der Waals surface area contributed by atoms with Gasteiger partial charge in [-0.3, -0.25) is 0 Å². The Hall–Kier alpha value is -1.87. The number of fused-ring (bicyclic) bond motifs is 3. The molecule has 0 radical (unpaired) electrons. The highest BCUT2D eigenvalue weighted by atomic mass is 79.9. The van der Waals surface area contributed by atoms with Crippen molar-refractivity contribution in [2.75, 3.05) is 7.11 Å². The minimum Gasteiger partial charge on any atom is -0.465 e. The number of esters is 1.